The van der Waals surface area contributed by atoms with Gasteiger partial charge in [-0.3, -0.25) is 14.3 Å². The molecule has 2 fully saturated rings. The van der Waals surface area contributed by atoms with Crippen molar-refractivity contribution in [3.8, 4) is 5.75 Å². The zero-order valence-electron chi connectivity index (χ0n) is 17.1. The average Bonchev–Trinajstić information content (AvgIpc) is 3.50. The van der Waals surface area contributed by atoms with Crippen LogP contribution in [-0.2, 0) is 11.8 Å². The highest BCUT2D eigenvalue weighted by atomic mass is 16.5. The Morgan fingerprint density at radius 2 is 1.86 bits per heavy atom. The van der Waals surface area contributed by atoms with Crippen molar-refractivity contribution in [1.82, 2.24) is 19.2 Å². The van der Waals surface area contributed by atoms with Crippen LogP contribution in [0.3, 0.4) is 0 Å². The third-order valence-corrected chi connectivity index (χ3v) is 5.66. The normalized spacial score (nSPS) is 18.0. The third kappa shape index (κ3) is 4.53. The second kappa shape index (κ2) is 8.41. The zero-order chi connectivity index (χ0) is 20.4. The maximum absolute atomic E-state index is 12.4. The summed E-state index contributed by atoms with van der Waals surface area (Å²) < 4.78 is 8.79. The van der Waals surface area contributed by atoms with E-state index in [1.54, 1.807) is 7.05 Å². The molecule has 0 bridgehead atoms. The van der Waals surface area contributed by atoms with Crippen molar-refractivity contribution in [1.29, 1.82) is 0 Å². The second-order valence-electron chi connectivity index (χ2n) is 7.92. The summed E-state index contributed by atoms with van der Waals surface area (Å²) in [5, 5.41) is 7.46. The minimum Gasteiger partial charge on any atom is -0.494 e. The first-order valence-electron chi connectivity index (χ1n) is 10.5. The number of likely N-dealkylation sites (tertiary alicyclic amines) is 1. The van der Waals surface area contributed by atoms with E-state index < -0.39 is 0 Å². The van der Waals surface area contributed by atoms with Crippen LogP contribution in [0.4, 0.5) is 5.69 Å². The Balaban J connectivity index is 1.29. The van der Waals surface area contributed by atoms with Gasteiger partial charge in [0.2, 0.25) is 5.91 Å². The molecule has 156 valence electrons. The van der Waals surface area contributed by atoms with Gasteiger partial charge in [-0.2, -0.15) is 5.10 Å². The lowest BCUT2D eigenvalue weighted by Gasteiger charge is -2.31. The Morgan fingerprint density at radius 3 is 2.48 bits per heavy atom. The molecule has 1 aliphatic carbocycles. The molecule has 0 unspecified atom stereocenters. The number of nitrogens with one attached hydrogen (secondary N) is 1. The van der Waals surface area contributed by atoms with Gasteiger partial charge < -0.3 is 10.1 Å². The van der Waals surface area contributed by atoms with Crippen molar-refractivity contribution >= 4 is 11.6 Å². The molecule has 2 aliphatic rings. The Morgan fingerprint density at radius 1 is 1.17 bits per heavy atom. The van der Waals surface area contributed by atoms with Gasteiger partial charge in [-0.1, -0.05) is 0 Å². The van der Waals surface area contributed by atoms with Crippen molar-refractivity contribution in [3.63, 3.8) is 0 Å². The second-order valence-corrected chi connectivity index (χ2v) is 7.92. The summed E-state index contributed by atoms with van der Waals surface area (Å²) in [6.07, 6.45) is 3.98. The number of anilines is 1. The van der Waals surface area contributed by atoms with Crippen LogP contribution < -0.4 is 15.7 Å². The molecule has 0 spiro atoms. The van der Waals surface area contributed by atoms with Gasteiger partial charge in [0.1, 0.15) is 11.6 Å². The molecule has 2 heterocycles. The van der Waals surface area contributed by atoms with Gasteiger partial charge in [0, 0.05) is 24.7 Å². The smallest absolute Gasteiger partial charge is 0.345 e. The molecule has 1 N–H and O–H groups in total. The highest BCUT2D eigenvalue weighted by Crippen LogP contribution is 2.37. The van der Waals surface area contributed by atoms with E-state index in [0.717, 1.165) is 56.0 Å². The summed E-state index contributed by atoms with van der Waals surface area (Å²) in [5.41, 5.74) is 0.773. The van der Waals surface area contributed by atoms with Gasteiger partial charge in [0.05, 0.1) is 13.2 Å². The number of carbonyl (C=O) groups excluding carboxylic acids is 1. The average molecular weight is 399 g/mol. The first-order valence-corrected chi connectivity index (χ1v) is 10.5. The summed E-state index contributed by atoms with van der Waals surface area (Å²) in [5.74, 6) is 2.00. The van der Waals surface area contributed by atoms with E-state index in [1.165, 1.54) is 4.68 Å². The fourth-order valence-corrected chi connectivity index (χ4v) is 4.01. The SMILES string of the molecule is CCOc1ccc(NC(=O)CN2CCC(c3nn(C)c(=O)n3C3CC3)CC2)cc1. The number of rotatable bonds is 7. The maximum atomic E-state index is 12.4. The molecule has 8 heteroatoms. The Kier molecular flexibility index (Phi) is 5.71. The molecule has 1 aromatic heterocycles. The van der Waals surface area contributed by atoms with Crippen LogP contribution >= 0.6 is 0 Å². The highest BCUT2D eigenvalue weighted by molar-refractivity contribution is 5.92. The standard InChI is InChI=1S/C21H29N5O3/c1-3-29-18-8-4-16(5-9-18)22-19(27)14-25-12-10-15(11-13-25)20-23-24(2)21(28)26(20)17-6-7-17/h4-5,8-9,15,17H,3,6-7,10-14H2,1-2H3,(H,22,27). The third-order valence-electron chi connectivity index (χ3n) is 5.66. The molecule has 0 atom stereocenters. The molecule has 2 aromatic rings. The number of benzene rings is 1. The van der Waals surface area contributed by atoms with E-state index in [-0.39, 0.29) is 17.5 Å². The molecule has 1 saturated carbocycles. The van der Waals surface area contributed by atoms with Crippen LogP contribution in [0.5, 0.6) is 5.75 Å². The molecule has 29 heavy (non-hydrogen) atoms. The fraction of sp³-hybridized carbons (Fsp3) is 0.571. The summed E-state index contributed by atoms with van der Waals surface area (Å²) in [6, 6.07) is 7.76. The van der Waals surface area contributed by atoms with Crippen molar-refractivity contribution in [2.45, 2.75) is 44.6 Å². The molecule has 1 aliphatic heterocycles. The summed E-state index contributed by atoms with van der Waals surface area (Å²) in [7, 11) is 1.73. The van der Waals surface area contributed by atoms with Gasteiger partial charge in [-0.25, -0.2) is 9.48 Å². The van der Waals surface area contributed by atoms with Gasteiger partial charge in [-0.05, 0) is 70.0 Å². The van der Waals surface area contributed by atoms with E-state index in [4.69, 9.17) is 4.74 Å². The van der Waals surface area contributed by atoms with E-state index in [2.05, 4.69) is 15.3 Å². The number of ether oxygens (including phenoxy) is 1. The summed E-state index contributed by atoms with van der Waals surface area (Å²) >= 11 is 0. The molecule has 8 nitrogen and oxygen atoms in total. The predicted octanol–water partition coefficient (Wildman–Crippen LogP) is 2.13. The first-order chi connectivity index (χ1) is 14.0. The predicted molar refractivity (Wildman–Crippen MR) is 110 cm³/mol. The van der Waals surface area contributed by atoms with Crippen molar-refractivity contribution < 1.29 is 9.53 Å². The van der Waals surface area contributed by atoms with Gasteiger partial charge in [0.15, 0.2) is 0 Å². The number of piperidine rings is 1. The van der Waals surface area contributed by atoms with Crippen LogP contribution in [-0.4, -0.2) is 51.4 Å². The quantitative estimate of drug-likeness (QED) is 0.771. The minimum atomic E-state index is -0.0136. The monoisotopic (exact) mass is 399 g/mol. The molecule has 4 rings (SSSR count). The van der Waals surface area contributed by atoms with Crippen LogP contribution in [0.2, 0.25) is 0 Å². The number of nitrogens with zero attached hydrogens (tertiary/aromatic N) is 4. The van der Waals surface area contributed by atoms with Crippen molar-refractivity contribution in [2.75, 3.05) is 31.6 Å². The Hall–Kier alpha value is -2.61. The lowest BCUT2D eigenvalue weighted by atomic mass is 9.96. The number of carbonyl (C=O) groups is 1. The number of aryl methyl sites for hydroxylation is 1. The molecule has 0 radical (unpaired) electrons. The molecular weight excluding hydrogens is 370 g/mol. The molecular formula is C21H29N5O3. The zero-order valence-corrected chi connectivity index (χ0v) is 17.1. The molecule has 1 aromatic carbocycles. The van der Waals surface area contributed by atoms with E-state index in [9.17, 15) is 9.59 Å². The molecule has 1 saturated heterocycles. The van der Waals surface area contributed by atoms with Crippen molar-refractivity contribution in [2.24, 2.45) is 7.05 Å². The topological polar surface area (TPSA) is 81.4 Å². The first kappa shape index (κ1) is 19.7. The number of aromatic nitrogens is 3. The van der Waals surface area contributed by atoms with Gasteiger partial charge >= 0.3 is 5.69 Å². The van der Waals surface area contributed by atoms with Gasteiger partial charge in [0.25, 0.3) is 0 Å². The maximum Gasteiger partial charge on any atom is 0.345 e. The highest BCUT2D eigenvalue weighted by Gasteiger charge is 2.33. The van der Waals surface area contributed by atoms with E-state index in [1.807, 2.05) is 35.8 Å². The largest absolute Gasteiger partial charge is 0.494 e. The Bertz CT molecular complexity index is 905. The van der Waals surface area contributed by atoms with Crippen LogP contribution in [0, 0.1) is 0 Å². The summed E-state index contributed by atoms with van der Waals surface area (Å²) in [4.78, 5) is 26.9. The van der Waals surface area contributed by atoms with E-state index in [0.29, 0.717) is 19.2 Å². The molecule has 1 amide bonds. The summed E-state index contributed by atoms with van der Waals surface area (Å²) in [6.45, 7) is 4.60. The van der Waals surface area contributed by atoms with Gasteiger partial charge in [-0.15, -0.1) is 0 Å². The minimum absolute atomic E-state index is 0.000312. The van der Waals surface area contributed by atoms with Crippen LogP contribution in [0.25, 0.3) is 0 Å². The number of hydrogen-bond acceptors (Lipinski definition) is 5. The number of amides is 1. The fourth-order valence-electron chi connectivity index (χ4n) is 4.01. The van der Waals surface area contributed by atoms with Crippen molar-refractivity contribution in [3.05, 3.63) is 40.6 Å². The Labute approximate surface area is 170 Å². The van der Waals surface area contributed by atoms with Crippen LogP contribution in [0.15, 0.2) is 29.1 Å². The lowest BCUT2D eigenvalue weighted by molar-refractivity contribution is -0.117. The van der Waals surface area contributed by atoms with E-state index >= 15 is 0 Å². The lowest BCUT2D eigenvalue weighted by Crippen LogP contribution is -2.39. The number of hydrogen-bond donors (Lipinski definition) is 1. The van der Waals surface area contributed by atoms with Crippen LogP contribution in [0.1, 0.15) is 50.4 Å².